The lowest BCUT2D eigenvalue weighted by molar-refractivity contribution is -0.140. The highest BCUT2D eigenvalue weighted by atomic mass is 16.4. The Labute approximate surface area is 83.1 Å². The Balaban J connectivity index is 2.24. The summed E-state index contributed by atoms with van der Waals surface area (Å²) in [6.45, 7) is 2.85. The number of nitrogens with one attached hydrogen (secondary N) is 1. The number of carboxylic acids is 1. The number of likely N-dealkylation sites (tertiary alicyclic amines) is 1. The van der Waals surface area contributed by atoms with Gasteiger partial charge in [-0.25, -0.2) is 4.79 Å². The Kier molecular flexibility index (Phi) is 4.39. The topological polar surface area (TPSA) is 69.6 Å². The summed E-state index contributed by atoms with van der Waals surface area (Å²) in [4.78, 5) is 23.0. The monoisotopic (exact) mass is 200 g/mol. The molecule has 1 rings (SSSR count). The van der Waals surface area contributed by atoms with E-state index in [0.29, 0.717) is 12.8 Å². The molecule has 1 amide bonds. The number of hydrogen-bond donors (Lipinski definition) is 2. The van der Waals surface area contributed by atoms with Crippen LogP contribution in [0, 0.1) is 0 Å². The molecule has 1 aliphatic heterocycles. The third kappa shape index (κ3) is 3.33. The van der Waals surface area contributed by atoms with Crippen LogP contribution in [0.1, 0.15) is 19.3 Å². The quantitative estimate of drug-likeness (QED) is 0.576. The van der Waals surface area contributed by atoms with Crippen LogP contribution in [0.5, 0.6) is 0 Å². The summed E-state index contributed by atoms with van der Waals surface area (Å²) in [5.41, 5.74) is 0. The van der Waals surface area contributed by atoms with Gasteiger partial charge in [-0.1, -0.05) is 0 Å². The molecule has 0 aromatic rings. The molecule has 80 valence electrons. The van der Waals surface area contributed by atoms with E-state index in [2.05, 4.69) is 10.2 Å². The minimum absolute atomic E-state index is 0.447. The van der Waals surface area contributed by atoms with E-state index in [1.165, 1.54) is 12.8 Å². The van der Waals surface area contributed by atoms with Crippen LogP contribution in [-0.2, 0) is 9.59 Å². The summed E-state index contributed by atoms with van der Waals surface area (Å²) in [6, 6.07) is -0.743. The fourth-order valence-electron chi connectivity index (χ4n) is 1.68. The van der Waals surface area contributed by atoms with Crippen molar-refractivity contribution in [3.05, 3.63) is 0 Å². The second-order valence-corrected chi connectivity index (χ2v) is 3.51. The maximum Gasteiger partial charge on any atom is 0.326 e. The van der Waals surface area contributed by atoms with Crippen LogP contribution < -0.4 is 5.32 Å². The van der Waals surface area contributed by atoms with Gasteiger partial charge in [0, 0.05) is 6.54 Å². The third-order valence-corrected chi connectivity index (χ3v) is 2.50. The molecule has 1 fully saturated rings. The van der Waals surface area contributed by atoms with Crippen molar-refractivity contribution >= 4 is 12.4 Å². The number of amides is 1. The van der Waals surface area contributed by atoms with Crippen LogP contribution in [-0.4, -0.2) is 48.1 Å². The van der Waals surface area contributed by atoms with Crippen LogP contribution >= 0.6 is 0 Å². The van der Waals surface area contributed by atoms with E-state index >= 15 is 0 Å². The molecule has 1 heterocycles. The van der Waals surface area contributed by atoms with E-state index in [1.54, 1.807) is 0 Å². The zero-order chi connectivity index (χ0) is 10.4. The molecule has 0 radical (unpaired) electrons. The van der Waals surface area contributed by atoms with Gasteiger partial charge in [0.15, 0.2) is 0 Å². The Morgan fingerprint density at radius 3 is 2.64 bits per heavy atom. The van der Waals surface area contributed by atoms with E-state index in [9.17, 15) is 9.59 Å². The summed E-state index contributed by atoms with van der Waals surface area (Å²) in [5, 5.41) is 11.0. The van der Waals surface area contributed by atoms with Gasteiger partial charge >= 0.3 is 5.97 Å². The Morgan fingerprint density at radius 2 is 2.14 bits per heavy atom. The lowest BCUT2D eigenvalue weighted by Gasteiger charge is -2.17. The molecule has 1 saturated heterocycles. The second kappa shape index (κ2) is 5.59. The van der Waals surface area contributed by atoms with Crippen LogP contribution in [0.3, 0.4) is 0 Å². The first-order valence-corrected chi connectivity index (χ1v) is 4.89. The lowest BCUT2D eigenvalue weighted by Crippen LogP contribution is -2.38. The first kappa shape index (κ1) is 11.0. The Morgan fingerprint density at radius 1 is 1.50 bits per heavy atom. The summed E-state index contributed by atoms with van der Waals surface area (Å²) in [7, 11) is 0. The van der Waals surface area contributed by atoms with Crippen molar-refractivity contribution in [2.45, 2.75) is 25.3 Å². The molecular weight excluding hydrogens is 184 g/mol. The van der Waals surface area contributed by atoms with Gasteiger partial charge in [0.25, 0.3) is 0 Å². The van der Waals surface area contributed by atoms with Crippen molar-refractivity contribution in [3.8, 4) is 0 Å². The number of carbonyl (C=O) groups excluding carboxylic acids is 1. The van der Waals surface area contributed by atoms with E-state index in [4.69, 9.17) is 5.11 Å². The molecule has 0 bridgehead atoms. The van der Waals surface area contributed by atoms with Gasteiger partial charge in [0.05, 0.1) is 0 Å². The summed E-state index contributed by atoms with van der Waals surface area (Å²) in [6.07, 6.45) is 3.31. The molecule has 14 heavy (non-hydrogen) atoms. The summed E-state index contributed by atoms with van der Waals surface area (Å²) < 4.78 is 0. The van der Waals surface area contributed by atoms with Gasteiger partial charge in [-0.3, -0.25) is 4.79 Å². The van der Waals surface area contributed by atoms with Crippen molar-refractivity contribution in [1.29, 1.82) is 0 Å². The van der Waals surface area contributed by atoms with Crippen LogP contribution in [0.4, 0.5) is 0 Å². The zero-order valence-electron chi connectivity index (χ0n) is 8.11. The zero-order valence-corrected chi connectivity index (χ0v) is 8.11. The molecule has 0 aromatic heterocycles. The molecule has 0 spiro atoms. The smallest absolute Gasteiger partial charge is 0.326 e. The second-order valence-electron chi connectivity index (χ2n) is 3.51. The van der Waals surface area contributed by atoms with Crippen molar-refractivity contribution in [2.24, 2.45) is 0 Å². The average Bonchev–Trinajstić information content (AvgIpc) is 2.64. The van der Waals surface area contributed by atoms with Gasteiger partial charge in [-0.2, -0.15) is 0 Å². The minimum Gasteiger partial charge on any atom is -0.480 e. The maximum atomic E-state index is 10.7. The number of aliphatic carboxylic acids is 1. The average molecular weight is 200 g/mol. The number of carboxylic acid groups (broad SMARTS) is 1. The fourth-order valence-corrected chi connectivity index (χ4v) is 1.68. The van der Waals surface area contributed by atoms with Crippen molar-refractivity contribution in [1.82, 2.24) is 10.2 Å². The van der Waals surface area contributed by atoms with Crippen molar-refractivity contribution in [3.63, 3.8) is 0 Å². The van der Waals surface area contributed by atoms with E-state index in [0.717, 1.165) is 19.6 Å². The maximum absolute atomic E-state index is 10.7. The van der Waals surface area contributed by atoms with Crippen molar-refractivity contribution < 1.29 is 14.7 Å². The molecule has 1 atom stereocenters. The molecule has 5 nitrogen and oxygen atoms in total. The molecule has 0 aliphatic carbocycles. The molecule has 5 heteroatoms. The summed E-state index contributed by atoms with van der Waals surface area (Å²) in [5.74, 6) is -0.962. The van der Waals surface area contributed by atoms with Crippen LogP contribution in [0.15, 0.2) is 0 Å². The molecule has 1 aliphatic rings. The number of nitrogens with zero attached hydrogens (tertiary/aromatic N) is 1. The van der Waals surface area contributed by atoms with Gasteiger partial charge in [-0.05, 0) is 32.4 Å². The highest BCUT2D eigenvalue weighted by Gasteiger charge is 2.18. The van der Waals surface area contributed by atoms with Gasteiger partial charge < -0.3 is 15.3 Å². The first-order chi connectivity index (χ1) is 6.74. The standard InChI is InChI=1S/C9H16N2O3/c12-7-10-8(9(13)14)3-6-11-4-1-2-5-11/h7-8H,1-6H2,(H,10,12)(H,13,14). The van der Waals surface area contributed by atoms with Crippen LogP contribution in [0.25, 0.3) is 0 Å². The van der Waals surface area contributed by atoms with Crippen molar-refractivity contribution in [2.75, 3.05) is 19.6 Å². The van der Waals surface area contributed by atoms with Crippen LogP contribution in [0.2, 0.25) is 0 Å². The third-order valence-electron chi connectivity index (χ3n) is 2.50. The molecule has 1 unspecified atom stereocenters. The SMILES string of the molecule is O=CNC(CCN1CCCC1)C(=O)O. The fraction of sp³-hybridized carbons (Fsp3) is 0.778. The predicted octanol–water partition coefficient (Wildman–Crippen LogP) is -0.329. The number of carbonyl (C=O) groups is 2. The number of rotatable bonds is 6. The van der Waals surface area contributed by atoms with Gasteiger partial charge in [0.2, 0.25) is 6.41 Å². The Bertz CT molecular complexity index is 202. The van der Waals surface area contributed by atoms with Gasteiger partial charge in [0.1, 0.15) is 6.04 Å². The molecule has 2 N–H and O–H groups in total. The molecular formula is C9H16N2O3. The molecule has 0 aromatic carbocycles. The van der Waals surface area contributed by atoms with E-state index in [-0.39, 0.29) is 0 Å². The lowest BCUT2D eigenvalue weighted by atomic mass is 10.2. The van der Waals surface area contributed by atoms with E-state index < -0.39 is 12.0 Å². The van der Waals surface area contributed by atoms with Gasteiger partial charge in [-0.15, -0.1) is 0 Å². The summed E-state index contributed by atoms with van der Waals surface area (Å²) >= 11 is 0. The highest BCUT2D eigenvalue weighted by molar-refractivity contribution is 5.76. The highest BCUT2D eigenvalue weighted by Crippen LogP contribution is 2.08. The largest absolute Gasteiger partial charge is 0.480 e. The predicted molar refractivity (Wildman–Crippen MR) is 50.9 cm³/mol. The first-order valence-electron chi connectivity index (χ1n) is 4.89. The minimum atomic E-state index is -0.962. The normalized spacial score (nSPS) is 19.1. The molecule has 0 saturated carbocycles. The Hall–Kier alpha value is -1.10. The number of hydrogen-bond acceptors (Lipinski definition) is 3. The van der Waals surface area contributed by atoms with E-state index in [1.807, 2.05) is 0 Å².